The quantitative estimate of drug-likeness (QED) is 0.723. The van der Waals surface area contributed by atoms with Gasteiger partial charge in [0.15, 0.2) is 0 Å². The monoisotopic (exact) mass is 392 g/mol. The summed E-state index contributed by atoms with van der Waals surface area (Å²) in [7, 11) is 1.84. The van der Waals surface area contributed by atoms with E-state index in [2.05, 4.69) is 30.4 Å². The summed E-state index contributed by atoms with van der Waals surface area (Å²) in [5.74, 6) is 0.653. The van der Waals surface area contributed by atoms with Crippen LogP contribution in [-0.4, -0.2) is 42.7 Å². The number of nitrogens with zero attached hydrogens (tertiary/aromatic N) is 3. The molecule has 27 heavy (non-hydrogen) atoms. The Morgan fingerprint density at radius 1 is 1.37 bits per heavy atom. The first kappa shape index (κ1) is 22.9. The highest BCUT2D eigenvalue weighted by Crippen LogP contribution is 2.14. The van der Waals surface area contributed by atoms with Crippen LogP contribution >= 0.6 is 12.4 Å². The molecule has 1 aromatic carbocycles. The number of likely N-dealkylation sites (tertiary alicyclic amines) is 1. The van der Waals surface area contributed by atoms with Gasteiger partial charge < -0.3 is 15.1 Å². The van der Waals surface area contributed by atoms with Gasteiger partial charge in [-0.3, -0.25) is 4.79 Å². The molecule has 1 atom stereocenters. The van der Waals surface area contributed by atoms with Gasteiger partial charge in [-0.2, -0.15) is 5.26 Å². The molecule has 0 aliphatic carbocycles. The maximum Gasteiger partial charge on any atom is 0.239 e. The fourth-order valence-electron chi connectivity index (χ4n) is 3.04. The van der Waals surface area contributed by atoms with E-state index in [4.69, 9.17) is 10.1 Å². The molecule has 1 aliphatic rings. The summed E-state index contributed by atoms with van der Waals surface area (Å²) in [6.45, 7) is 5.96. The SMILES string of the molecule is CNC(CC(C)C)C(=O)N1CCC(=NOCc2cccc(C#N)c2)CC1.Cl. The number of rotatable bonds is 7. The van der Waals surface area contributed by atoms with Gasteiger partial charge in [0, 0.05) is 25.9 Å². The van der Waals surface area contributed by atoms with Crippen LogP contribution in [0.25, 0.3) is 0 Å². The normalized spacial score (nSPS) is 14.9. The van der Waals surface area contributed by atoms with Gasteiger partial charge in [-0.05, 0) is 37.1 Å². The Labute approximate surface area is 168 Å². The largest absolute Gasteiger partial charge is 0.391 e. The summed E-state index contributed by atoms with van der Waals surface area (Å²) in [5, 5.41) is 16.3. The molecule has 7 heteroatoms. The van der Waals surface area contributed by atoms with Gasteiger partial charge in [0.1, 0.15) is 6.61 Å². The average Bonchev–Trinajstić information content (AvgIpc) is 2.66. The number of halogens is 1. The lowest BCUT2D eigenvalue weighted by atomic mass is 10.0. The smallest absolute Gasteiger partial charge is 0.239 e. The predicted molar refractivity (Wildman–Crippen MR) is 109 cm³/mol. The van der Waals surface area contributed by atoms with Crippen LogP contribution in [-0.2, 0) is 16.2 Å². The number of carbonyl (C=O) groups is 1. The third-order valence-corrected chi connectivity index (χ3v) is 4.49. The first-order valence-corrected chi connectivity index (χ1v) is 9.16. The molecule has 0 spiro atoms. The van der Waals surface area contributed by atoms with Crippen molar-refractivity contribution < 1.29 is 9.63 Å². The van der Waals surface area contributed by atoms with E-state index in [9.17, 15) is 4.79 Å². The van der Waals surface area contributed by atoms with Gasteiger partial charge in [0.2, 0.25) is 5.91 Å². The second kappa shape index (κ2) is 11.6. The third kappa shape index (κ3) is 7.20. The first-order valence-electron chi connectivity index (χ1n) is 9.16. The predicted octanol–water partition coefficient (Wildman–Crippen LogP) is 3.11. The zero-order chi connectivity index (χ0) is 18.9. The number of carbonyl (C=O) groups excluding carboxylic acids is 1. The molecular weight excluding hydrogens is 364 g/mol. The molecular formula is C20H29ClN4O2. The Morgan fingerprint density at radius 2 is 2.07 bits per heavy atom. The Kier molecular flexibility index (Phi) is 9.84. The van der Waals surface area contributed by atoms with Crippen LogP contribution in [0.15, 0.2) is 29.4 Å². The molecule has 0 radical (unpaired) electrons. The number of nitriles is 1. The molecule has 1 fully saturated rings. The van der Waals surface area contributed by atoms with Gasteiger partial charge in [0.05, 0.1) is 23.4 Å². The molecule has 1 saturated heterocycles. The summed E-state index contributed by atoms with van der Waals surface area (Å²) in [6.07, 6.45) is 2.32. The van der Waals surface area contributed by atoms with E-state index < -0.39 is 0 Å². The highest BCUT2D eigenvalue weighted by Gasteiger charge is 2.26. The van der Waals surface area contributed by atoms with Crippen molar-refractivity contribution in [1.29, 1.82) is 5.26 Å². The van der Waals surface area contributed by atoms with Crippen molar-refractivity contribution in [3.05, 3.63) is 35.4 Å². The second-order valence-corrected chi connectivity index (χ2v) is 7.04. The van der Waals surface area contributed by atoms with Gasteiger partial charge in [0.25, 0.3) is 0 Å². The van der Waals surface area contributed by atoms with Crippen LogP contribution in [0.5, 0.6) is 0 Å². The van der Waals surface area contributed by atoms with Gasteiger partial charge >= 0.3 is 0 Å². The van der Waals surface area contributed by atoms with E-state index in [0.29, 0.717) is 31.2 Å². The summed E-state index contributed by atoms with van der Waals surface area (Å²) < 4.78 is 0. The van der Waals surface area contributed by atoms with Crippen LogP contribution in [0.2, 0.25) is 0 Å². The number of hydrogen-bond donors (Lipinski definition) is 1. The van der Waals surface area contributed by atoms with Gasteiger partial charge in [-0.15, -0.1) is 12.4 Å². The Hall–Kier alpha value is -2.10. The summed E-state index contributed by atoms with van der Waals surface area (Å²) >= 11 is 0. The number of nitrogens with one attached hydrogen (secondary N) is 1. The van der Waals surface area contributed by atoms with E-state index >= 15 is 0 Å². The zero-order valence-corrected chi connectivity index (χ0v) is 17.1. The molecule has 0 aromatic heterocycles. The number of likely N-dealkylation sites (N-methyl/N-ethyl adjacent to an activating group) is 1. The van der Waals surface area contributed by atoms with Gasteiger partial charge in [-0.1, -0.05) is 31.1 Å². The zero-order valence-electron chi connectivity index (χ0n) is 16.3. The maximum absolute atomic E-state index is 12.6. The number of oxime groups is 1. The van der Waals surface area contributed by atoms with E-state index in [1.807, 2.05) is 24.1 Å². The average molecular weight is 393 g/mol. The Balaban J connectivity index is 0.00000364. The lowest BCUT2D eigenvalue weighted by Crippen LogP contribution is -2.48. The molecule has 6 nitrogen and oxygen atoms in total. The van der Waals surface area contributed by atoms with Crippen molar-refractivity contribution in [2.24, 2.45) is 11.1 Å². The minimum Gasteiger partial charge on any atom is -0.391 e. The summed E-state index contributed by atoms with van der Waals surface area (Å²) in [4.78, 5) is 20.0. The van der Waals surface area contributed by atoms with E-state index in [1.54, 1.807) is 12.1 Å². The molecule has 1 unspecified atom stereocenters. The van der Waals surface area contributed by atoms with Crippen LogP contribution < -0.4 is 5.32 Å². The highest BCUT2D eigenvalue weighted by atomic mass is 35.5. The van der Waals surface area contributed by atoms with E-state index in [1.165, 1.54) is 0 Å². The van der Waals surface area contributed by atoms with Crippen molar-refractivity contribution in [3.8, 4) is 6.07 Å². The van der Waals surface area contributed by atoms with Crippen LogP contribution in [0.4, 0.5) is 0 Å². The highest BCUT2D eigenvalue weighted by molar-refractivity contribution is 5.88. The molecule has 0 bridgehead atoms. The van der Waals surface area contributed by atoms with Crippen molar-refractivity contribution >= 4 is 24.0 Å². The van der Waals surface area contributed by atoms with Crippen LogP contribution in [0.1, 0.15) is 44.2 Å². The van der Waals surface area contributed by atoms with Crippen molar-refractivity contribution in [1.82, 2.24) is 10.2 Å². The lowest BCUT2D eigenvalue weighted by molar-refractivity contribution is -0.133. The minimum atomic E-state index is -0.114. The fourth-order valence-corrected chi connectivity index (χ4v) is 3.04. The molecule has 2 rings (SSSR count). The maximum atomic E-state index is 12.6. The molecule has 1 heterocycles. The topological polar surface area (TPSA) is 77.7 Å². The molecule has 1 aromatic rings. The number of hydrogen-bond acceptors (Lipinski definition) is 5. The first-order chi connectivity index (χ1) is 12.5. The van der Waals surface area contributed by atoms with Crippen molar-refractivity contribution in [3.63, 3.8) is 0 Å². The van der Waals surface area contributed by atoms with Crippen LogP contribution in [0, 0.1) is 17.2 Å². The minimum absolute atomic E-state index is 0. The third-order valence-electron chi connectivity index (χ3n) is 4.49. The standard InChI is InChI=1S/C20H28N4O2.ClH/c1-15(2)11-19(22-3)20(25)24-9-7-18(8-10-24)23-26-14-17-6-4-5-16(12-17)13-21;/h4-6,12,15,19,22H,7-11,14H2,1-3H3;1H. The lowest BCUT2D eigenvalue weighted by Gasteiger charge is -2.31. The Bertz CT molecular complexity index is 675. The van der Waals surface area contributed by atoms with E-state index in [-0.39, 0.29) is 24.4 Å². The molecule has 1 amide bonds. The second-order valence-electron chi connectivity index (χ2n) is 7.04. The van der Waals surface area contributed by atoms with Crippen molar-refractivity contribution in [2.45, 2.75) is 45.8 Å². The van der Waals surface area contributed by atoms with Gasteiger partial charge in [-0.25, -0.2) is 0 Å². The summed E-state index contributed by atoms with van der Waals surface area (Å²) in [6, 6.07) is 9.31. The van der Waals surface area contributed by atoms with Crippen LogP contribution in [0.3, 0.4) is 0 Å². The van der Waals surface area contributed by atoms with Crippen molar-refractivity contribution in [2.75, 3.05) is 20.1 Å². The Morgan fingerprint density at radius 3 is 2.67 bits per heavy atom. The number of amides is 1. The molecule has 1 N–H and O–H groups in total. The number of piperidine rings is 1. The number of benzene rings is 1. The molecule has 148 valence electrons. The summed E-state index contributed by atoms with van der Waals surface area (Å²) in [5.41, 5.74) is 2.52. The fraction of sp³-hybridized carbons (Fsp3) is 0.550. The molecule has 0 saturated carbocycles. The molecule has 1 aliphatic heterocycles. The van der Waals surface area contributed by atoms with E-state index in [0.717, 1.165) is 30.5 Å².